The summed E-state index contributed by atoms with van der Waals surface area (Å²) in [5.74, 6) is 1.73. The molecule has 0 amide bonds. The number of benzene rings is 3. The zero-order valence-electron chi connectivity index (χ0n) is 22.7. The normalized spacial score (nSPS) is 15.5. The molecular formula is C35H33IrN3-2. The smallest absolute Gasteiger partial charge is 0.0777 e. The number of aromatic nitrogens is 3. The summed E-state index contributed by atoms with van der Waals surface area (Å²) >= 11 is 0. The van der Waals surface area contributed by atoms with Crippen LogP contribution in [0, 0.1) is 19.1 Å². The number of rotatable bonds is 3. The molecule has 1 aliphatic heterocycles. The van der Waals surface area contributed by atoms with Crippen molar-refractivity contribution in [3.05, 3.63) is 114 Å². The molecule has 1 fully saturated rings. The monoisotopic (exact) mass is 688 g/mol. The van der Waals surface area contributed by atoms with Gasteiger partial charge in [0.1, 0.15) is 0 Å². The van der Waals surface area contributed by atoms with Crippen LogP contribution in [0.3, 0.4) is 0 Å². The van der Waals surface area contributed by atoms with Crippen LogP contribution >= 0.6 is 0 Å². The molecule has 0 N–H and O–H groups in total. The molecule has 199 valence electrons. The first-order valence-electron chi connectivity index (χ1n) is 13.6. The summed E-state index contributed by atoms with van der Waals surface area (Å²) in [6.45, 7) is 6.52. The van der Waals surface area contributed by atoms with Crippen LogP contribution in [-0.4, -0.2) is 14.5 Å². The van der Waals surface area contributed by atoms with E-state index >= 15 is 0 Å². The van der Waals surface area contributed by atoms with Crippen molar-refractivity contribution >= 4 is 17.1 Å². The maximum absolute atomic E-state index is 5.01. The van der Waals surface area contributed by atoms with E-state index < -0.39 is 0 Å². The second-order valence-corrected chi connectivity index (χ2v) is 10.9. The van der Waals surface area contributed by atoms with E-state index in [4.69, 9.17) is 4.98 Å². The third kappa shape index (κ3) is 5.41. The van der Waals surface area contributed by atoms with E-state index in [2.05, 4.69) is 71.9 Å². The van der Waals surface area contributed by atoms with Gasteiger partial charge in [0.05, 0.1) is 22.4 Å². The van der Waals surface area contributed by atoms with Crippen LogP contribution in [0.1, 0.15) is 62.3 Å². The minimum Gasteiger partial charge on any atom is -0.355 e. The molecule has 0 bridgehead atoms. The summed E-state index contributed by atoms with van der Waals surface area (Å²) in [7, 11) is 0. The second-order valence-electron chi connectivity index (χ2n) is 10.9. The fourth-order valence-electron chi connectivity index (χ4n) is 5.86. The SMILES string of the molecule is CC1(C)C=Cc2c(C3CCCC3)ccc3nc(-c4[c-]cccc4)n1c23.Cc1cccc(-c2[c-]cccc2)n1.[Ir]. The second kappa shape index (κ2) is 11.4. The molecule has 4 heteroatoms. The Labute approximate surface area is 245 Å². The standard InChI is InChI=1S/C23H23N2.C12H10N.Ir/c1-23(2)15-14-19-18(16-8-6-7-9-16)12-13-20-21(19)25(23)22(24-20)17-10-4-3-5-11-17;1-10-6-5-9-12(13-10)11-7-3-2-4-8-11;/h3-5,10,12-16H,6-9H2,1-2H3;2-7,9H,1H3;/q2*-1;. The summed E-state index contributed by atoms with van der Waals surface area (Å²) < 4.78 is 2.42. The largest absolute Gasteiger partial charge is 0.355 e. The van der Waals surface area contributed by atoms with Crippen LogP contribution in [0.25, 0.3) is 39.8 Å². The first-order valence-corrected chi connectivity index (χ1v) is 13.6. The Bertz CT molecular complexity index is 1590. The van der Waals surface area contributed by atoms with Gasteiger partial charge in [-0.05, 0) is 62.9 Å². The van der Waals surface area contributed by atoms with Crippen LogP contribution in [0.2, 0.25) is 0 Å². The van der Waals surface area contributed by atoms with E-state index in [1.54, 1.807) is 0 Å². The maximum Gasteiger partial charge on any atom is 0.0777 e. The molecule has 1 radical (unpaired) electrons. The molecule has 39 heavy (non-hydrogen) atoms. The van der Waals surface area contributed by atoms with Gasteiger partial charge in [0.15, 0.2) is 0 Å². The Kier molecular flexibility index (Phi) is 7.98. The average molecular weight is 688 g/mol. The molecule has 7 rings (SSSR count). The molecule has 0 saturated heterocycles. The summed E-state index contributed by atoms with van der Waals surface area (Å²) in [6.07, 6.45) is 10.0. The van der Waals surface area contributed by atoms with Crippen molar-refractivity contribution in [1.82, 2.24) is 14.5 Å². The molecule has 2 aromatic heterocycles. The number of aryl methyl sites for hydroxylation is 1. The molecule has 0 atom stereocenters. The number of hydrogen-bond donors (Lipinski definition) is 0. The number of hydrogen-bond acceptors (Lipinski definition) is 2. The van der Waals surface area contributed by atoms with Gasteiger partial charge < -0.3 is 9.55 Å². The third-order valence-electron chi connectivity index (χ3n) is 7.74. The van der Waals surface area contributed by atoms with Gasteiger partial charge in [-0.15, -0.1) is 71.8 Å². The van der Waals surface area contributed by atoms with Gasteiger partial charge in [0, 0.05) is 31.4 Å². The number of pyridine rings is 1. The van der Waals surface area contributed by atoms with Gasteiger partial charge in [-0.25, -0.2) is 0 Å². The van der Waals surface area contributed by atoms with Crippen LogP contribution in [0.15, 0.2) is 84.9 Å². The van der Waals surface area contributed by atoms with Crippen LogP contribution < -0.4 is 0 Å². The van der Waals surface area contributed by atoms with E-state index in [-0.39, 0.29) is 25.6 Å². The Morgan fingerprint density at radius 1 is 0.821 bits per heavy atom. The van der Waals surface area contributed by atoms with Gasteiger partial charge >= 0.3 is 0 Å². The first kappa shape index (κ1) is 27.2. The van der Waals surface area contributed by atoms with Gasteiger partial charge in [-0.1, -0.05) is 43.2 Å². The number of nitrogens with zero attached hydrogens (tertiary/aromatic N) is 3. The summed E-state index contributed by atoms with van der Waals surface area (Å²) in [4.78, 5) is 9.42. The molecule has 1 saturated carbocycles. The minimum absolute atomic E-state index is 0. The van der Waals surface area contributed by atoms with Crippen molar-refractivity contribution in [2.75, 3.05) is 0 Å². The van der Waals surface area contributed by atoms with E-state index in [0.29, 0.717) is 5.92 Å². The van der Waals surface area contributed by atoms with E-state index in [9.17, 15) is 0 Å². The zero-order chi connectivity index (χ0) is 26.1. The molecule has 0 spiro atoms. The van der Waals surface area contributed by atoms with Crippen LogP contribution in [-0.2, 0) is 25.6 Å². The molecule has 3 heterocycles. The van der Waals surface area contributed by atoms with Crippen molar-refractivity contribution in [3.63, 3.8) is 0 Å². The molecule has 2 aliphatic rings. The van der Waals surface area contributed by atoms with Crippen molar-refractivity contribution in [2.45, 2.75) is 57.9 Å². The molecule has 3 aromatic carbocycles. The Balaban J connectivity index is 0.000000187. The minimum atomic E-state index is -0.0882. The molecule has 3 nitrogen and oxygen atoms in total. The summed E-state index contributed by atoms with van der Waals surface area (Å²) in [5, 5.41) is 0. The molecular weight excluding hydrogens is 655 g/mol. The van der Waals surface area contributed by atoms with Crippen molar-refractivity contribution in [1.29, 1.82) is 0 Å². The Morgan fingerprint density at radius 2 is 1.54 bits per heavy atom. The molecule has 1 aliphatic carbocycles. The van der Waals surface area contributed by atoms with E-state index in [1.807, 2.05) is 61.5 Å². The van der Waals surface area contributed by atoms with Gasteiger partial charge in [0.2, 0.25) is 0 Å². The fraction of sp³-hybridized carbons (Fsp3) is 0.257. The molecule has 0 unspecified atom stereocenters. The Hall–Kier alpha value is -3.33. The summed E-state index contributed by atoms with van der Waals surface area (Å²) in [6, 6.07) is 33.1. The average Bonchev–Trinajstić information content (AvgIpc) is 3.62. The predicted octanol–water partition coefficient (Wildman–Crippen LogP) is 8.78. The topological polar surface area (TPSA) is 30.7 Å². The van der Waals surface area contributed by atoms with E-state index in [0.717, 1.165) is 33.9 Å². The number of imidazole rings is 1. The van der Waals surface area contributed by atoms with Crippen molar-refractivity contribution < 1.29 is 20.1 Å². The molecule has 5 aromatic rings. The fourth-order valence-corrected chi connectivity index (χ4v) is 5.86. The quantitative estimate of drug-likeness (QED) is 0.178. The van der Waals surface area contributed by atoms with Crippen molar-refractivity contribution in [3.8, 4) is 22.6 Å². The third-order valence-corrected chi connectivity index (χ3v) is 7.74. The van der Waals surface area contributed by atoms with Crippen molar-refractivity contribution in [2.24, 2.45) is 0 Å². The Morgan fingerprint density at radius 3 is 2.21 bits per heavy atom. The summed E-state index contributed by atoms with van der Waals surface area (Å²) in [5.41, 5.74) is 9.34. The van der Waals surface area contributed by atoms with Gasteiger partial charge in [-0.3, -0.25) is 4.98 Å². The maximum atomic E-state index is 5.01. The van der Waals surface area contributed by atoms with Crippen LogP contribution in [0.4, 0.5) is 0 Å². The van der Waals surface area contributed by atoms with Crippen LogP contribution in [0.5, 0.6) is 0 Å². The first-order chi connectivity index (χ1) is 18.5. The van der Waals surface area contributed by atoms with Gasteiger partial charge in [0.25, 0.3) is 0 Å². The van der Waals surface area contributed by atoms with E-state index in [1.165, 1.54) is 42.3 Å². The zero-order valence-corrected chi connectivity index (χ0v) is 25.1. The van der Waals surface area contributed by atoms with Gasteiger partial charge in [-0.2, -0.15) is 0 Å². The number of allylic oxidation sites excluding steroid dienone is 1. The predicted molar refractivity (Wildman–Crippen MR) is 157 cm³/mol.